The second-order valence-corrected chi connectivity index (χ2v) is 6.33. The van der Waals surface area contributed by atoms with Gasteiger partial charge in [0, 0.05) is 25.4 Å². The van der Waals surface area contributed by atoms with E-state index in [9.17, 15) is 22.0 Å². The minimum atomic E-state index is -2.20. The number of aromatic nitrogens is 2. The van der Waals surface area contributed by atoms with Crippen molar-refractivity contribution in [3.8, 4) is 0 Å². The number of halogens is 5. The van der Waals surface area contributed by atoms with E-state index in [-0.39, 0.29) is 17.0 Å². The minimum absolute atomic E-state index is 0.0801. The average molecular weight is 406 g/mol. The first kappa shape index (κ1) is 19.5. The van der Waals surface area contributed by atoms with Crippen molar-refractivity contribution in [3.05, 3.63) is 46.9 Å². The number of rotatable bonds is 5. The number of hydrogen-bond donors (Lipinski definition) is 2. The van der Waals surface area contributed by atoms with Gasteiger partial charge in [0.1, 0.15) is 0 Å². The first-order valence-electron chi connectivity index (χ1n) is 8.07. The van der Waals surface area contributed by atoms with Gasteiger partial charge in [0.15, 0.2) is 34.2 Å². The molecule has 0 bridgehead atoms. The maximum Gasteiger partial charge on any atom is 0.200 e. The Balaban J connectivity index is 1.64. The summed E-state index contributed by atoms with van der Waals surface area (Å²) >= 11 is 5.11. The average Bonchev–Trinajstić information content (AvgIpc) is 3.32. The summed E-state index contributed by atoms with van der Waals surface area (Å²) in [5.74, 6) is -9.69. The molecule has 2 N–H and O–H groups in total. The molecule has 0 spiro atoms. The molecule has 0 aliphatic carbocycles. The Morgan fingerprint density at radius 2 is 1.81 bits per heavy atom. The topological polar surface area (TPSA) is 51.1 Å². The molecular weight excluding hydrogens is 391 g/mol. The zero-order chi connectivity index (χ0) is 19.6. The van der Waals surface area contributed by atoms with Crippen LogP contribution in [0.1, 0.15) is 18.4 Å². The molecule has 1 aromatic carbocycles. The van der Waals surface area contributed by atoms with E-state index in [1.807, 2.05) is 0 Å². The first-order chi connectivity index (χ1) is 12.9. The van der Waals surface area contributed by atoms with Gasteiger partial charge in [0.25, 0.3) is 0 Å². The van der Waals surface area contributed by atoms with E-state index in [4.69, 9.17) is 17.0 Å². The second-order valence-electron chi connectivity index (χ2n) is 5.92. The minimum Gasteiger partial charge on any atom is -0.376 e. The van der Waals surface area contributed by atoms with Crippen molar-refractivity contribution in [1.29, 1.82) is 0 Å². The fourth-order valence-corrected chi connectivity index (χ4v) is 2.83. The molecule has 0 amide bonds. The van der Waals surface area contributed by atoms with Gasteiger partial charge in [-0.25, -0.2) is 22.0 Å². The standard InChI is InChI=1S/C16H15F5N4OS/c17-11-9(12(18)14(20)15(21)13(11)19)7-25-4-3-10(24-25)23-16(27)22-6-8-2-1-5-26-8/h3-4,8H,1-2,5-7H2,(H2,22,23,24,27)/t8-/m1/s1. The summed E-state index contributed by atoms with van der Waals surface area (Å²) in [6, 6.07) is 1.45. The molecule has 1 aromatic heterocycles. The van der Waals surface area contributed by atoms with Crippen molar-refractivity contribution in [1.82, 2.24) is 15.1 Å². The van der Waals surface area contributed by atoms with Crippen LogP contribution in [-0.2, 0) is 11.3 Å². The molecule has 3 rings (SSSR count). The van der Waals surface area contributed by atoms with Gasteiger partial charge in [-0.15, -0.1) is 0 Å². The van der Waals surface area contributed by atoms with Crippen LogP contribution in [0.4, 0.5) is 27.8 Å². The van der Waals surface area contributed by atoms with Gasteiger partial charge in [-0.1, -0.05) is 0 Å². The molecule has 0 unspecified atom stereocenters. The molecule has 27 heavy (non-hydrogen) atoms. The Hall–Kier alpha value is -2.27. The molecule has 2 heterocycles. The van der Waals surface area contributed by atoms with Crippen LogP contribution in [0.25, 0.3) is 0 Å². The highest BCUT2D eigenvalue weighted by molar-refractivity contribution is 7.80. The van der Waals surface area contributed by atoms with Crippen LogP contribution in [0.2, 0.25) is 0 Å². The van der Waals surface area contributed by atoms with Crippen LogP contribution in [-0.4, -0.2) is 34.1 Å². The molecule has 1 fully saturated rings. The third-order valence-corrected chi connectivity index (χ3v) is 4.26. The fourth-order valence-electron chi connectivity index (χ4n) is 2.64. The maximum absolute atomic E-state index is 13.7. The maximum atomic E-state index is 13.7. The fraction of sp³-hybridized carbons (Fsp3) is 0.375. The molecule has 5 nitrogen and oxygen atoms in total. The predicted molar refractivity (Wildman–Crippen MR) is 90.8 cm³/mol. The molecular formula is C16H15F5N4OS. The van der Waals surface area contributed by atoms with Crippen molar-refractivity contribution >= 4 is 23.1 Å². The predicted octanol–water partition coefficient (Wildman–Crippen LogP) is 3.09. The lowest BCUT2D eigenvalue weighted by Crippen LogP contribution is -2.34. The molecule has 1 saturated heterocycles. The number of ether oxygens (including phenoxy) is 1. The van der Waals surface area contributed by atoms with Crippen LogP contribution in [0.3, 0.4) is 0 Å². The Morgan fingerprint density at radius 1 is 1.15 bits per heavy atom. The number of benzene rings is 1. The van der Waals surface area contributed by atoms with Crippen LogP contribution >= 0.6 is 12.2 Å². The Kier molecular flexibility index (Phi) is 5.90. The second kappa shape index (κ2) is 8.17. The van der Waals surface area contributed by atoms with Gasteiger partial charge in [0.05, 0.1) is 18.2 Å². The summed E-state index contributed by atoms with van der Waals surface area (Å²) in [5, 5.41) is 9.96. The van der Waals surface area contributed by atoms with E-state index in [0.717, 1.165) is 17.5 Å². The molecule has 1 aliphatic heterocycles. The number of nitrogens with one attached hydrogen (secondary N) is 2. The van der Waals surface area contributed by atoms with Gasteiger partial charge in [-0.05, 0) is 25.1 Å². The molecule has 1 atom stereocenters. The third-order valence-electron chi connectivity index (χ3n) is 4.02. The van der Waals surface area contributed by atoms with Crippen LogP contribution in [0.15, 0.2) is 12.3 Å². The Morgan fingerprint density at radius 3 is 2.44 bits per heavy atom. The van der Waals surface area contributed by atoms with E-state index >= 15 is 0 Å². The SMILES string of the molecule is Fc1c(F)c(F)c(Cn2ccc(NC(=S)NC[C@H]3CCCO3)n2)c(F)c1F. The molecule has 146 valence electrons. The first-order valence-corrected chi connectivity index (χ1v) is 8.48. The van der Waals surface area contributed by atoms with Crippen molar-refractivity contribution in [2.75, 3.05) is 18.5 Å². The summed E-state index contributed by atoms with van der Waals surface area (Å²) in [4.78, 5) is 0. The number of hydrogen-bond acceptors (Lipinski definition) is 3. The number of thiocarbonyl (C=S) groups is 1. The quantitative estimate of drug-likeness (QED) is 0.346. The summed E-state index contributed by atoms with van der Waals surface area (Å²) in [7, 11) is 0. The summed E-state index contributed by atoms with van der Waals surface area (Å²) in [6.45, 7) is 0.606. The van der Waals surface area contributed by atoms with E-state index < -0.39 is 41.2 Å². The van der Waals surface area contributed by atoms with E-state index in [0.29, 0.717) is 13.2 Å². The molecule has 2 aromatic rings. The van der Waals surface area contributed by atoms with Crippen LogP contribution in [0, 0.1) is 29.1 Å². The van der Waals surface area contributed by atoms with Gasteiger partial charge >= 0.3 is 0 Å². The van der Waals surface area contributed by atoms with E-state index in [1.165, 1.54) is 12.3 Å². The number of anilines is 1. The Labute approximate surface area is 156 Å². The summed E-state index contributed by atoms with van der Waals surface area (Å²) in [6.07, 6.45) is 3.33. The van der Waals surface area contributed by atoms with Crippen molar-refractivity contribution in [2.24, 2.45) is 0 Å². The van der Waals surface area contributed by atoms with Crippen LogP contribution < -0.4 is 10.6 Å². The largest absolute Gasteiger partial charge is 0.376 e. The highest BCUT2D eigenvalue weighted by Gasteiger charge is 2.26. The van der Waals surface area contributed by atoms with Crippen molar-refractivity contribution in [2.45, 2.75) is 25.5 Å². The summed E-state index contributed by atoms with van der Waals surface area (Å²) < 4.78 is 73.5. The summed E-state index contributed by atoms with van der Waals surface area (Å²) in [5.41, 5.74) is -0.972. The lowest BCUT2D eigenvalue weighted by Gasteiger charge is -2.12. The van der Waals surface area contributed by atoms with Gasteiger partial charge in [-0.3, -0.25) is 4.68 Å². The zero-order valence-corrected chi connectivity index (χ0v) is 14.7. The lowest BCUT2D eigenvalue weighted by molar-refractivity contribution is 0.114. The van der Waals surface area contributed by atoms with E-state index in [2.05, 4.69) is 15.7 Å². The van der Waals surface area contributed by atoms with Crippen LogP contribution in [0.5, 0.6) is 0 Å². The molecule has 11 heteroatoms. The third kappa shape index (κ3) is 4.35. The van der Waals surface area contributed by atoms with E-state index in [1.54, 1.807) is 0 Å². The normalized spacial score (nSPS) is 16.6. The molecule has 0 radical (unpaired) electrons. The lowest BCUT2D eigenvalue weighted by atomic mass is 10.1. The number of nitrogens with zero attached hydrogens (tertiary/aromatic N) is 2. The monoisotopic (exact) mass is 406 g/mol. The molecule has 1 aliphatic rings. The Bertz CT molecular complexity index is 825. The van der Waals surface area contributed by atoms with Crippen molar-refractivity contribution < 1.29 is 26.7 Å². The van der Waals surface area contributed by atoms with Crippen molar-refractivity contribution in [3.63, 3.8) is 0 Å². The van der Waals surface area contributed by atoms with Gasteiger partial charge in [0.2, 0.25) is 5.82 Å². The zero-order valence-electron chi connectivity index (χ0n) is 13.9. The van der Waals surface area contributed by atoms with Gasteiger partial charge in [-0.2, -0.15) is 5.10 Å². The molecule has 0 saturated carbocycles. The highest BCUT2D eigenvalue weighted by Crippen LogP contribution is 2.23. The van der Waals surface area contributed by atoms with Gasteiger partial charge < -0.3 is 15.4 Å². The smallest absolute Gasteiger partial charge is 0.200 e. The highest BCUT2D eigenvalue weighted by atomic mass is 32.1.